The molecule has 1 N–H and O–H groups in total. The van der Waals surface area contributed by atoms with Crippen LogP contribution in [0.15, 0.2) is 18.2 Å². The zero-order valence-corrected chi connectivity index (χ0v) is 10.3. The third kappa shape index (κ3) is 2.54. The summed E-state index contributed by atoms with van der Waals surface area (Å²) in [4.78, 5) is 2.33. The van der Waals surface area contributed by atoms with Crippen molar-refractivity contribution in [2.45, 2.75) is 26.1 Å². The topological polar surface area (TPSA) is 24.5 Å². The molecule has 0 saturated carbocycles. The molecule has 1 aliphatic rings. The van der Waals surface area contributed by atoms with Crippen LogP contribution in [-0.2, 0) is 17.8 Å². The predicted molar refractivity (Wildman–Crippen MR) is 66.6 cm³/mol. The summed E-state index contributed by atoms with van der Waals surface area (Å²) in [7, 11) is 3.89. The molecule has 1 aromatic rings. The molecule has 1 atom stereocenters. The first kappa shape index (κ1) is 11.4. The smallest absolute Gasteiger partial charge is 0.0661 e. The molecule has 3 nitrogen and oxygen atoms in total. The fraction of sp³-hybridized carbons (Fsp3) is 0.538. The van der Waals surface area contributed by atoms with Crippen LogP contribution in [0.1, 0.15) is 18.1 Å². The van der Waals surface area contributed by atoms with Gasteiger partial charge in [-0.1, -0.05) is 6.07 Å². The number of anilines is 1. The van der Waals surface area contributed by atoms with Gasteiger partial charge in [-0.15, -0.1) is 0 Å². The van der Waals surface area contributed by atoms with Gasteiger partial charge in [0.2, 0.25) is 0 Å². The number of hydrogen-bond acceptors (Lipinski definition) is 3. The Bertz CT molecular complexity index is 365. The second-order valence-corrected chi connectivity index (χ2v) is 4.66. The van der Waals surface area contributed by atoms with E-state index in [4.69, 9.17) is 4.74 Å². The molecule has 0 fully saturated rings. The van der Waals surface area contributed by atoms with Crippen LogP contribution in [-0.4, -0.2) is 31.7 Å². The van der Waals surface area contributed by atoms with Crippen molar-refractivity contribution in [3.05, 3.63) is 29.3 Å². The summed E-state index contributed by atoms with van der Waals surface area (Å²) in [6.07, 6.45) is 0. The Morgan fingerprint density at radius 3 is 2.88 bits per heavy atom. The molecule has 1 aliphatic heterocycles. The molecule has 2 rings (SSSR count). The Balaban J connectivity index is 2.05. The van der Waals surface area contributed by atoms with Crippen molar-refractivity contribution in [3.63, 3.8) is 0 Å². The highest BCUT2D eigenvalue weighted by atomic mass is 16.5. The van der Waals surface area contributed by atoms with Crippen LogP contribution in [0.25, 0.3) is 0 Å². The van der Waals surface area contributed by atoms with Gasteiger partial charge in [-0.25, -0.2) is 0 Å². The van der Waals surface area contributed by atoms with E-state index in [0.717, 1.165) is 19.7 Å². The summed E-state index contributed by atoms with van der Waals surface area (Å²) in [6, 6.07) is 6.98. The van der Waals surface area contributed by atoms with E-state index in [2.05, 4.69) is 42.4 Å². The molecule has 3 heteroatoms. The minimum absolute atomic E-state index is 0.349. The van der Waals surface area contributed by atoms with Crippen LogP contribution in [0, 0.1) is 0 Å². The SMILES string of the molecule is COCC(C)Nc1ccc2c(c1)CN(C)C2. The number of rotatable bonds is 4. The third-order valence-corrected chi connectivity index (χ3v) is 2.92. The first-order valence-electron chi connectivity index (χ1n) is 5.75. The first-order chi connectivity index (χ1) is 7.69. The number of benzene rings is 1. The van der Waals surface area contributed by atoms with Gasteiger partial charge >= 0.3 is 0 Å². The van der Waals surface area contributed by atoms with Crippen LogP contribution < -0.4 is 5.32 Å². The van der Waals surface area contributed by atoms with Crippen molar-refractivity contribution in [2.75, 3.05) is 26.1 Å². The van der Waals surface area contributed by atoms with Crippen molar-refractivity contribution in [1.82, 2.24) is 4.90 Å². The average Bonchev–Trinajstić information content (AvgIpc) is 2.57. The Labute approximate surface area is 97.4 Å². The molecule has 0 bridgehead atoms. The second kappa shape index (κ2) is 4.85. The van der Waals surface area contributed by atoms with Gasteiger partial charge < -0.3 is 10.1 Å². The zero-order valence-electron chi connectivity index (χ0n) is 10.3. The maximum absolute atomic E-state index is 5.11. The van der Waals surface area contributed by atoms with Crippen LogP contribution in [0.3, 0.4) is 0 Å². The summed E-state index contributed by atoms with van der Waals surface area (Å²) in [5.74, 6) is 0. The molecule has 0 saturated heterocycles. The summed E-state index contributed by atoms with van der Waals surface area (Å²) in [6.45, 7) is 4.99. The van der Waals surface area contributed by atoms with Gasteiger partial charge in [0.1, 0.15) is 0 Å². The van der Waals surface area contributed by atoms with Gasteiger partial charge in [-0.2, -0.15) is 0 Å². The quantitative estimate of drug-likeness (QED) is 0.840. The van der Waals surface area contributed by atoms with Crippen LogP contribution >= 0.6 is 0 Å². The van der Waals surface area contributed by atoms with E-state index in [1.54, 1.807) is 7.11 Å². The van der Waals surface area contributed by atoms with Crippen LogP contribution in [0.2, 0.25) is 0 Å². The summed E-state index contributed by atoms with van der Waals surface area (Å²) < 4.78 is 5.11. The van der Waals surface area contributed by atoms with Gasteiger partial charge in [0, 0.05) is 31.9 Å². The fourth-order valence-corrected chi connectivity index (χ4v) is 2.23. The fourth-order valence-electron chi connectivity index (χ4n) is 2.23. The Hall–Kier alpha value is -1.06. The molecule has 0 aromatic heterocycles. The molecule has 0 radical (unpaired) electrons. The lowest BCUT2D eigenvalue weighted by molar-refractivity contribution is 0.190. The maximum atomic E-state index is 5.11. The van der Waals surface area contributed by atoms with Gasteiger partial charge in [0.15, 0.2) is 0 Å². The largest absolute Gasteiger partial charge is 0.383 e. The number of fused-ring (bicyclic) bond motifs is 1. The van der Waals surface area contributed by atoms with Crippen LogP contribution in [0.4, 0.5) is 5.69 Å². The highest BCUT2D eigenvalue weighted by Crippen LogP contribution is 2.24. The van der Waals surface area contributed by atoms with Gasteiger partial charge in [-0.3, -0.25) is 4.90 Å². The average molecular weight is 220 g/mol. The van der Waals surface area contributed by atoms with E-state index in [0.29, 0.717) is 6.04 Å². The number of nitrogens with one attached hydrogen (secondary N) is 1. The molecule has 88 valence electrons. The molecule has 1 heterocycles. The van der Waals surface area contributed by atoms with E-state index >= 15 is 0 Å². The molecule has 0 amide bonds. The Kier molecular flexibility index (Phi) is 3.46. The van der Waals surface area contributed by atoms with Crippen molar-refractivity contribution < 1.29 is 4.74 Å². The van der Waals surface area contributed by atoms with Crippen molar-refractivity contribution in [2.24, 2.45) is 0 Å². The van der Waals surface area contributed by atoms with Crippen molar-refractivity contribution >= 4 is 5.69 Å². The highest BCUT2D eigenvalue weighted by molar-refractivity contribution is 5.50. The summed E-state index contributed by atoms with van der Waals surface area (Å²) in [5, 5.41) is 3.44. The van der Waals surface area contributed by atoms with Crippen LogP contribution in [0.5, 0.6) is 0 Å². The van der Waals surface area contributed by atoms with Gasteiger partial charge in [-0.05, 0) is 37.2 Å². The number of ether oxygens (including phenoxy) is 1. The maximum Gasteiger partial charge on any atom is 0.0661 e. The van der Waals surface area contributed by atoms with Gasteiger partial charge in [0.05, 0.1) is 6.61 Å². The van der Waals surface area contributed by atoms with E-state index in [9.17, 15) is 0 Å². The molecule has 0 aliphatic carbocycles. The van der Waals surface area contributed by atoms with E-state index in [1.807, 2.05) is 0 Å². The van der Waals surface area contributed by atoms with E-state index in [1.165, 1.54) is 16.8 Å². The van der Waals surface area contributed by atoms with Gasteiger partial charge in [0.25, 0.3) is 0 Å². The summed E-state index contributed by atoms with van der Waals surface area (Å²) in [5.41, 5.74) is 4.09. The van der Waals surface area contributed by atoms with Crippen molar-refractivity contribution in [1.29, 1.82) is 0 Å². The van der Waals surface area contributed by atoms with E-state index in [-0.39, 0.29) is 0 Å². The number of nitrogens with zero attached hydrogens (tertiary/aromatic N) is 1. The number of hydrogen-bond donors (Lipinski definition) is 1. The normalized spacial score (nSPS) is 17.2. The Morgan fingerprint density at radius 1 is 1.38 bits per heavy atom. The standard InChI is InChI=1S/C13H20N2O/c1-10(9-16-3)14-13-5-4-11-7-15(2)8-12(11)6-13/h4-6,10,14H,7-9H2,1-3H3. The predicted octanol–water partition coefficient (Wildman–Crippen LogP) is 2.08. The minimum atomic E-state index is 0.349. The van der Waals surface area contributed by atoms with E-state index < -0.39 is 0 Å². The van der Waals surface area contributed by atoms with Crippen molar-refractivity contribution in [3.8, 4) is 0 Å². The lowest BCUT2D eigenvalue weighted by atomic mass is 10.1. The Morgan fingerprint density at radius 2 is 2.12 bits per heavy atom. The zero-order chi connectivity index (χ0) is 11.5. The lowest BCUT2D eigenvalue weighted by Gasteiger charge is -2.14. The third-order valence-electron chi connectivity index (χ3n) is 2.92. The number of methoxy groups -OCH3 is 1. The highest BCUT2D eigenvalue weighted by Gasteiger charge is 2.15. The molecular weight excluding hydrogens is 200 g/mol. The monoisotopic (exact) mass is 220 g/mol. The second-order valence-electron chi connectivity index (χ2n) is 4.66. The molecule has 0 spiro atoms. The summed E-state index contributed by atoms with van der Waals surface area (Å²) >= 11 is 0. The minimum Gasteiger partial charge on any atom is -0.383 e. The lowest BCUT2D eigenvalue weighted by Crippen LogP contribution is -2.20. The molecule has 1 aromatic carbocycles. The first-order valence-corrected chi connectivity index (χ1v) is 5.75. The molecule has 1 unspecified atom stereocenters. The molecular formula is C13H20N2O. The molecule has 16 heavy (non-hydrogen) atoms.